The third kappa shape index (κ3) is 9.21. The van der Waals surface area contributed by atoms with E-state index in [4.69, 9.17) is 9.97 Å². The minimum atomic E-state index is 0.961. The number of nitrogens with zero attached hydrogens (tertiary/aromatic N) is 4. The van der Waals surface area contributed by atoms with Crippen LogP contribution in [0.3, 0.4) is 0 Å². The summed E-state index contributed by atoms with van der Waals surface area (Å²) in [6.45, 7) is 0. The number of hydrogen-bond donors (Lipinski definition) is 0. The maximum Gasteiger partial charge on any atom is 0.0715 e. The van der Waals surface area contributed by atoms with Gasteiger partial charge in [0.15, 0.2) is 0 Å². The maximum atomic E-state index is 5.12. The molecule has 15 aromatic rings. The van der Waals surface area contributed by atoms with Gasteiger partial charge in [-0.1, -0.05) is 243 Å². The molecule has 0 saturated carbocycles. The fraction of sp³-hybridized carbons (Fsp3) is 0. The first kappa shape index (κ1) is 47.7. The first-order valence-electron chi connectivity index (χ1n) is 27.2. The number of pyridine rings is 2. The highest BCUT2D eigenvalue weighted by Gasteiger charge is 2.16. The van der Waals surface area contributed by atoms with E-state index in [1.807, 2.05) is 24.3 Å². The van der Waals surface area contributed by atoms with E-state index in [1.165, 1.54) is 60.3 Å². The van der Waals surface area contributed by atoms with Gasteiger partial charge in [-0.15, -0.1) is 0 Å². The molecule has 0 saturated heterocycles. The molecule has 0 aliphatic rings. The van der Waals surface area contributed by atoms with Crippen molar-refractivity contribution in [2.24, 2.45) is 0 Å². The van der Waals surface area contributed by atoms with Gasteiger partial charge in [0, 0.05) is 55.2 Å². The molecule has 4 nitrogen and oxygen atoms in total. The molecule has 0 atom stereocenters. The van der Waals surface area contributed by atoms with E-state index in [-0.39, 0.29) is 0 Å². The summed E-state index contributed by atoms with van der Waals surface area (Å²) >= 11 is 0. The lowest BCUT2D eigenvalue weighted by Crippen LogP contribution is -1.94. The van der Waals surface area contributed by atoms with Crippen molar-refractivity contribution in [3.8, 4) is 89.8 Å². The monoisotopic (exact) mass is 1020 g/mol. The molecule has 0 amide bonds. The molecule has 4 aromatic heterocycles. The zero-order valence-electron chi connectivity index (χ0n) is 43.8. The summed E-state index contributed by atoms with van der Waals surface area (Å²) in [4.78, 5) is 10.1. The van der Waals surface area contributed by atoms with E-state index in [0.29, 0.717) is 0 Å². The molecule has 0 spiro atoms. The van der Waals surface area contributed by atoms with Gasteiger partial charge in [0.1, 0.15) is 0 Å². The van der Waals surface area contributed by atoms with E-state index in [0.717, 1.165) is 73.1 Å². The van der Waals surface area contributed by atoms with Gasteiger partial charge in [-0.2, -0.15) is 0 Å². The minimum Gasteiger partial charge on any atom is -0.309 e. The number of para-hydroxylation sites is 4. The van der Waals surface area contributed by atoms with Crippen molar-refractivity contribution in [3.63, 3.8) is 0 Å². The van der Waals surface area contributed by atoms with Gasteiger partial charge in [-0.05, 0) is 106 Å². The van der Waals surface area contributed by atoms with Crippen molar-refractivity contribution in [3.05, 3.63) is 315 Å². The highest BCUT2D eigenvalue weighted by atomic mass is 15.0. The van der Waals surface area contributed by atoms with Crippen molar-refractivity contribution in [1.82, 2.24) is 19.1 Å². The largest absolute Gasteiger partial charge is 0.309 e. The zero-order valence-corrected chi connectivity index (χ0v) is 43.8. The molecule has 80 heavy (non-hydrogen) atoms. The van der Waals surface area contributed by atoms with Crippen molar-refractivity contribution in [2.75, 3.05) is 0 Å². The summed E-state index contributed by atoms with van der Waals surface area (Å²) in [5, 5.41) is 5.09. The Hall–Kier alpha value is -10.7. The van der Waals surface area contributed by atoms with E-state index in [9.17, 15) is 0 Å². The fourth-order valence-corrected chi connectivity index (χ4v) is 11.3. The van der Waals surface area contributed by atoms with Crippen molar-refractivity contribution in [2.45, 2.75) is 0 Å². The normalized spacial score (nSPS) is 11.2. The molecule has 0 aliphatic carbocycles. The van der Waals surface area contributed by atoms with Crippen molar-refractivity contribution < 1.29 is 0 Å². The van der Waals surface area contributed by atoms with E-state index < -0.39 is 0 Å². The van der Waals surface area contributed by atoms with E-state index in [1.54, 1.807) is 0 Å². The third-order valence-corrected chi connectivity index (χ3v) is 15.2. The van der Waals surface area contributed by atoms with Gasteiger partial charge in [0.05, 0.1) is 44.8 Å². The number of aromatic nitrogens is 4. The van der Waals surface area contributed by atoms with Gasteiger partial charge in [-0.3, -0.25) is 0 Å². The predicted octanol–water partition coefficient (Wildman–Crippen LogP) is 20.0. The standard InChI is InChI=1S/C41H28N2.C35H24N2/c1-3-11-29(12-4-1)30-19-21-33(22-20-30)39-28-34(27-38(42-39)32-13-5-2-6-14-32)31-23-25-35(26-24-31)43-40-17-9-7-15-36(40)37-16-8-10-18-41(37)43;1-3-11-26(12-4-1)32-23-28(24-33(36-32)27-13-5-2-6-14-27)25-19-21-29(22-20-25)37-34-17-9-7-15-30(34)31-16-8-10-18-35(31)37/h1-28H;1-24H. The Morgan fingerprint density at radius 3 is 0.700 bits per heavy atom. The average Bonchev–Trinajstić information content (AvgIpc) is 4.12. The molecule has 15 rings (SSSR count). The Bertz CT molecular complexity index is 4480. The summed E-state index contributed by atoms with van der Waals surface area (Å²) in [6, 6.07) is 112. The molecule has 376 valence electrons. The summed E-state index contributed by atoms with van der Waals surface area (Å²) in [5.74, 6) is 0. The van der Waals surface area contributed by atoms with E-state index in [2.05, 4.69) is 300 Å². The first-order chi connectivity index (χ1) is 39.7. The van der Waals surface area contributed by atoms with Gasteiger partial charge in [-0.25, -0.2) is 9.97 Å². The molecule has 4 heterocycles. The number of rotatable bonds is 9. The summed E-state index contributed by atoms with van der Waals surface area (Å²) in [6.07, 6.45) is 0. The first-order valence-corrected chi connectivity index (χ1v) is 27.2. The third-order valence-electron chi connectivity index (χ3n) is 15.2. The quantitative estimate of drug-likeness (QED) is 0.144. The van der Waals surface area contributed by atoms with Crippen LogP contribution in [0.25, 0.3) is 133 Å². The van der Waals surface area contributed by atoms with Crippen LogP contribution in [-0.4, -0.2) is 19.1 Å². The molecule has 0 fully saturated rings. The Kier molecular flexibility index (Phi) is 12.6. The molecule has 4 heteroatoms. The van der Waals surface area contributed by atoms with Crippen molar-refractivity contribution >= 4 is 43.6 Å². The number of benzene rings is 11. The lowest BCUT2D eigenvalue weighted by Gasteiger charge is -2.12. The van der Waals surface area contributed by atoms with Gasteiger partial charge in [0.2, 0.25) is 0 Å². The topological polar surface area (TPSA) is 35.6 Å². The highest BCUT2D eigenvalue weighted by molar-refractivity contribution is 6.10. The molecule has 0 radical (unpaired) electrons. The fourth-order valence-electron chi connectivity index (χ4n) is 11.3. The maximum absolute atomic E-state index is 5.12. The zero-order chi connectivity index (χ0) is 53.2. The van der Waals surface area contributed by atoms with Crippen LogP contribution in [0.15, 0.2) is 315 Å². The van der Waals surface area contributed by atoms with Gasteiger partial charge < -0.3 is 9.13 Å². The van der Waals surface area contributed by atoms with Crippen LogP contribution >= 0.6 is 0 Å². The SMILES string of the molecule is c1ccc(-c2cc(-c3ccc(-n4c5ccccc5c5ccccc54)cc3)cc(-c3ccccc3)n2)cc1.c1ccc(-c2ccc(-c3cc(-c4ccc(-n5c6ccccc6c6ccccc65)cc4)cc(-c4ccccc4)n3)cc2)cc1. The second-order valence-electron chi connectivity index (χ2n) is 20.1. The number of hydrogen-bond acceptors (Lipinski definition) is 2. The molecule has 0 unspecified atom stereocenters. The Balaban J connectivity index is 0.000000146. The molecule has 11 aromatic carbocycles. The van der Waals surface area contributed by atoms with Gasteiger partial charge >= 0.3 is 0 Å². The average molecular weight is 1020 g/mol. The highest BCUT2D eigenvalue weighted by Crippen LogP contribution is 2.37. The molecular weight excluding hydrogens is 969 g/mol. The van der Waals surface area contributed by atoms with Crippen molar-refractivity contribution in [1.29, 1.82) is 0 Å². The number of fused-ring (bicyclic) bond motifs is 6. The van der Waals surface area contributed by atoms with E-state index >= 15 is 0 Å². The Morgan fingerprint density at radius 1 is 0.175 bits per heavy atom. The molecule has 0 N–H and O–H groups in total. The smallest absolute Gasteiger partial charge is 0.0715 e. The van der Waals surface area contributed by atoms with Crippen LogP contribution in [-0.2, 0) is 0 Å². The van der Waals surface area contributed by atoms with Crippen LogP contribution in [0, 0.1) is 0 Å². The van der Waals surface area contributed by atoms with Crippen LogP contribution in [0.2, 0.25) is 0 Å². The predicted molar refractivity (Wildman–Crippen MR) is 335 cm³/mol. The van der Waals surface area contributed by atoms with Crippen LogP contribution in [0.4, 0.5) is 0 Å². The van der Waals surface area contributed by atoms with Crippen LogP contribution in [0.1, 0.15) is 0 Å². The van der Waals surface area contributed by atoms with Crippen LogP contribution < -0.4 is 0 Å². The summed E-state index contributed by atoms with van der Waals surface area (Å²) in [7, 11) is 0. The Labute approximate surface area is 465 Å². The lowest BCUT2D eigenvalue weighted by atomic mass is 9.98. The summed E-state index contributed by atoms with van der Waals surface area (Å²) in [5.41, 5.74) is 22.5. The second kappa shape index (κ2) is 21.0. The Morgan fingerprint density at radius 2 is 0.388 bits per heavy atom. The minimum absolute atomic E-state index is 0.961. The lowest BCUT2D eigenvalue weighted by molar-refractivity contribution is 1.18. The van der Waals surface area contributed by atoms with Gasteiger partial charge in [0.25, 0.3) is 0 Å². The summed E-state index contributed by atoms with van der Waals surface area (Å²) < 4.78 is 4.71. The molecule has 0 bridgehead atoms. The second-order valence-corrected chi connectivity index (χ2v) is 20.1. The molecule has 0 aliphatic heterocycles. The van der Waals surface area contributed by atoms with Crippen LogP contribution in [0.5, 0.6) is 0 Å². The molecular formula is C76H52N4.